The maximum Gasteiger partial charge on any atom is 0.306 e. The van der Waals surface area contributed by atoms with Crippen molar-refractivity contribution in [3.05, 3.63) is 0 Å². The fourth-order valence-corrected chi connectivity index (χ4v) is 10.7. The molecule has 0 radical (unpaired) electrons. The van der Waals surface area contributed by atoms with Crippen molar-refractivity contribution >= 4 is 17.9 Å². The average molecular weight is 1060 g/mol. The summed E-state index contributed by atoms with van der Waals surface area (Å²) in [4.78, 5) is 38.4. The molecule has 446 valence electrons. The minimum atomic E-state index is -0.765. The van der Waals surface area contributed by atoms with Crippen molar-refractivity contribution in [2.24, 2.45) is 17.8 Å². The van der Waals surface area contributed by atoms with Crippen LogP contribution >= 0.6 is 0 Å². The highest BCUT2D eigenvalue weighted by Crippen LogP contribution is 2.20. The Morgan fingerprint density at radius 3 is 0.693 bits per heavy atom. The fourth-order valence-electron chi connectivity index (χ4n) is 10.7. The van der Waals surface area contributed by atoms with Crippen LogP contribution in [0.3, 0.4) is 0 Å². The summed E-state index contributed by atoms with van der Waals surface area (Å²) in [6.45, 7) is 13.9. The minimum absolute atomic E-state index is 0.0621. The van der Waals surface area contributed by atoms with E-state index in [9.17, 15) is 14.4 Å². The van der Waals surface area contributed by atoms with E-state index in [4.69, 9.17) is 14.2 Å². The normalized spacial score (nSPS) is 12.5. The zero-order valence-electron chi connectivity index (χ0n) is 51.9. The standard InChI is InChI=1S/C69H134O6/c1-7-65(6)57-51-45-39-33-27-21-15-10-8-9-11-17-23-30-36-42-48-54-60-69(72)75-66(62-74-68(71)59-53-47-41-35-29-24-18-20-26-32-38-44-50-56-64(4)5)61-73-67(70)58-52-46-40-34-28-22-16-13-12-14-19-25-31-37-43-49-55-63(2)3/h63-66H,7-62H2,1-6H3/t65?,66-/m1/s1. The molecule has 0 aromatic rings. The van der Waals surface area contributed by atoms with Crippen LogP contribution in [0.4, 0.5) is 0 Å². The molecule has 0 spiro atoms. The van der Waals surface area contributed by atoms with E-state index in [1.54, 1.807) is 0 Å². The highest BCUT2D eigenvalue weighted by molar-refractivity contribution is 5.71. The van der Waals surface area contributed by atoms with E-state index < -0.39 is 6.10 Å². The summed E-state index contributed by atoms with van der Waals surface area (Å²) in [6.07, 6.45) is 66.8. The Kier molecular flexibility index (Phi) is 58.8. The van der Waals surface area contributed by atoms with Crippen LogP contribution in [0.15, 0.2) is 0 Å². The van der Waals surface area contributed by atoms with Crippen molar-refractivity contribution in [1.29, 1.82) is 0 Å². The monoisotopic (exact) mass is 1060 g/mol. The van der Waals surface area contributed by atoms with E-state index in [2.05, 4.69) is 41.5 Å². The molecule has 0 saturated carbocycles. The van der Waals surface area contributed by atoms with Gasteiger partial charge >= 0.3 is 17.9 Å². The smallest absolute Gasteiger partial charge is 0.306 e. The van der Waals surface area contributed by atoms with E-state index in [1.165, 1.54) is 270 Å². The third-order valence-corrected chi connectivity index (χ3v) is 16.3. The van der Waals surface area contributed by atoms with E-state index in [0.29, 0.717) is 19.3 Å². The Morgan fingerprint density at radius 2 is 0.467 bits per heavy atom. The Hall–Kier alpha value is -1.59. The lowest BCUT2D eigenvalue weighted by molar-refractivity contribution is -0.167. The fraction of sp³-hybridized carbons (Fsp3) is 0.957. The first-order valence-corrected chi connectivity index (χ1v) is 34.1. The zero-order valence-corrected chi connectivity index (χ0v) is 51.9. The van der Waals surface area contributed by atoms with Gasteiger partial charge in [-0.2, -0.15) is 0 Å². The summed E-state index contributed by atoms with van der Waals surface area (Å²) >= 11 is 0. The number of hydrogen-bond donors (Lipinski definition) is 0. The molecule has 75 heavy (non-hydrogen) atoms. The van der Waals surface area contributed by atoms with Crippen LogP contribution in [-0.2, 0) is 28.6 Å². The molecule has 0 aliphatic carbocycles. The lowest BCUT2D eigenvalue weighted by atomic mass is 9.99. The maximum atomic E-state index is 12.9. The molecule has 1 unspecified atom stereocenters. The molecule has 0 aromatic carbocycles. The quantitative estimate of drug-likeness (QED) is 0.0343. The number of unbranched alkanes of at least 4 members (excludes halogenated alkanes) is 44. The first kappa shape index (κ1) is 73.4. The lowest BCUT2D eigenvalue weighted by Crippen LogP contribution is -2.30. The van der Waals surface area contributed by atoms with Gasteiger partial charge < -0.3 is 14.2 Å². The molecule has 6 heteroatoms. The first-order chi connectivity index (χ1) is 36.6. The molecule has 0 aromatic heterocycles. The van der Waals surface area contributed by atoms with Gasteiger partial charge in [0.1, 0.15) is 13.2 Å². The molecule has 0 N–H and O–H groups in total. The molecule has 0 fully saturated rings. The predicted octanol–water partition coefficient (Wildman–Crippen LogP) is 23.0. The van der Waals surface area contributed by atoms with Crippen LogP contribution < -0.4 is 0 Å². The van der Waals surface area contributed by atoms with E-state index in [0.717, 1.165) is 75.5 Å². The van der Waals surface area contributed by atoms with Crippen LogP contribution in [0.25, 0.3) is 0 Å². The molecule has 0 aliphatic rings. The number of carbonyl (C=O) groups is 3. The highest BCUT2D eigenvalue weighted by atomic mass is 16.6. The lowest BCUT2D eigenvalue weighted by Gasteiger charge is -2.18. The van der Waals surface area contributed by atoms with Gasteiger partial charge in [0.05, 0.1) is 0 Å². The number of rotatable bonds is 62. The molecular weight excluding hydrogens is 925 g/mol. The van der Waals surface area contributed by atoms with Crippen LogP contribution in [0, 0.1) is 17.8 Å². The van der Waals surface area contributed by atoms with Crippen molar-refractivity contribution < 1.29 is 28.6 Å². The molecule has 0 amide bonds. The molecular formula is C69H134O6. The van der Waals surface area contributed by atoms with Gasteiger partial charge in [-0.1, -0.05) is 350 Å². The second-order valence-corrected chi connectivity index (χ2v) is 25.0. The maximum absolute atomic E-state index is 12.9. The van der Waals surface area contributed by atoms with Crippen molar-refractivity contribution in [3.63, 3.8) is 0 Å². The summed E-state index contributed by atoms with van der Waals surface area (Å²) in [5.74, 6) is 1.77. The van der Waals surface area contributed by atoms with Crippen molar-refractivity contribution in [2.75, 3.05) is 13.2 Å². The van der Waals surface area contributed by atoms with Crippen molar-refractivity contribution in [1.82, 2.24) is 0 Å². The number of ether oxygens (including phenoxy) is 3. The summed E-state index contributed by atoms with van der Waals surface area (Å²) in [5.41, 5.74) is 0. The van der Waals surface area contributed by atoms with Crippen LogP contribution in [-0.4, -0.2) is 37.2 Å². The van der Waals surface area contributed by atoms with Crippen LogP contribution in [0.5, 0.6) is 0 Å². The second kappa shape index (κ2) is 60.1. The Balaban J connectivity index is 4.28. The van der Waals surface area contributed by atoms with Crippen LogP contribution in [0.2, 0.25) is 0 Å². The highest BCUT2D eigenvalue weighted by Gasteiger charge is 2.20. The third-order valence-electron chi connectivity index (χ3n) is 16.3. The number of carbonyl (C=O) groups excluding carboxylic acids is 3. The molecule has 0 aliphatic heterocycles. The van der Waals surface area contributed by atoms with Gasteiger partial charge in [-0.25, -0.2) is 0 Å². The SMILES string of the molecule is CCC(C)CCCCCCCCCCCCCCCCCCCCC(=O)O[C@H](COC(=O)CCCCCCCCCCCCCCCCCCC(C)C)COC(=O)CCCCCCCCCCCCCCCC(C)C. The molecule has 0 rings (SSSR count). The van der Waals surface area contributed by atoms with Gasteiger partial charge in [-0.15, -0.1) is 0 Å². The largest absolute Gasteiger partial charge is 0.462 e. The van der Waals surface area contributed by atoms with Crippen LogP contribution in [0.1, 0.15) is 388 Å². The summed E-state index contributed by atoms with van der Waals surface area (Å²) in [7, 11) is 0. The topological polar surface area (TPSA) is 78.9 Å². The van der Waals surface area contributed by atoms with Crippen molar-refractivity contribution in [3.8, 4) is 0 Å². The average Bonchev–Trinajstić information content (AvgIpc) is 3.39. The van der Waals surface area contributed by atoms with Gasteiger partial charge in [0.2, 0.25) is 0 Å². The first-order valence-electron chi connectivity index (χ1n) is 34.1. The van der Waals surface area contributed by atoms with Gasteiger partial charge in [0, 0.05) is 19.3 Å². The molecule has 0 saturated heterocycles. The second-order valence-electron chi connectivity index (χ2n) is 25.0. The summed E-state index contributed by atoms with van der Waals surface area (Å²) < 4.78 is 17.0. The molecule has 0 bridgehead atoms. The van der Waals surface area contributed by atoms with Gasteiger partial charge in [-0.3, -0.25) is 14.4 Å². The van der Waals surface area contributed by atoms with E-state index in [-0.39, 0.29) is 31.1 Å². The van der Waals surface area contributed by atoms with Crippen molar-refractivity contribution in [2.45, 2.75) is 394 Å². The number of hydrogen-bond acceptors (Lipinski definition) is 6. The van der Waals surface area contributed by atoms with Gasteiger partial charge in [0.25, 0.3) is 0 Å². The van der Waals surface area contributed by atoms with Gasteiger partial charge in [0.15, 0.2) is 6.10 Å². The Morgan fingerprint density at radius 1 is 0.267 bits per heavy atom. The summed E-state index contributed by atoms with van der Waals surface area (Å²) in [5, 5.41) is 0. The molecule has 6 nitrogen and oxygen atoms in total. The number of esters is 3. The summed E-state index contributed by atoms with van der Waals surface area (Å²) in [6, 6.07) is 0. The third kappa shape index (κ3) is 61.5. The predicted molar refractivity (Wildman–Crippen MR) is 326 cm³/mol. The molecule has 0 heterocycles. The molecule has 2 atom stereocenters. The Labute approximate surface area is 469 Å². The van der Waals surface area contributed by atoms with E-state index >= 15 is 0 Å². The zero-order chi connectivity index (χ0) is 54.8. The van der Waals surface area contributed by atoms with E-state index in [1.807, 2.05) is 0 Å². The Bertz CT molecular complexity index is 1170. The van der Waals surface area contributed by atoms with Gasteiger partial charge in [-0.05, 0) is 37.0 Å². The minimum Gasteiger partial charge on any atom is -0.462 e.